The van der Waals surface area contributed by atoms with Crippen molar-refractivity contribution in [2.45, 2.75) is 33.6 Å². The topological polar surface area (TPSA) is 282 Å². The molecule has 0 spiro atoms. The zero-order valence-electron chi connectivity index (χ0n) is 10.9. The lowest BCUT2D eigenvalue weighted by Gasteiger charge is -2.47. The molecule has 0 aliphatic heterocycles. The monoisotopic (exact) mass is 428 g/mol. The van der Waals surface area contributed by atoms with Gasteiger partial charge in [0.05, 0.1) is 0 Å². The van der Waals surface area contributed by atoms with Crippen molar-refractivity contribution in [3.63, 3.8) is 0 Å². The van der Waals surface area contributed by atoms with Crippen LogP contribution in [0.25, 0.3) is 0 Å². The lowest BCUT2D eigenvalue weighted by atomic mass is 9.82. The fraction of sp³-hybridized carbons (Fsp3) is 1.00. The average Bonchev–Trinajstić information content (AvgIpc) is 2.47. The molecule has 136 valence electrons. The van der Waals surface area contributed by atoms with E-state index in [1.54, 1.807) is 0 Å². The minimum Gasteiger partial charge on any atom is -0.593 e. The summed E-state index contributed by atoms with van der Waals surface area (Å²) >= 11 is 0. The molecule has 0 aromatic carbocycles. The molecule has 0 bridgehead atoms. The number of hydrogen-bond donors (Lipinski definition) is 6. The highest BCUT2D eigenvalue weighted by Crippen LogP contribution is 2.68. The number of aliphatic hydroxyl groups excluding tert-OH is 2. The molecule has 1 aliphatic rings. The molecule has 6 unspecified atom stereocenters. The average molecular weight is 428 g/mol. The van der Waals surface area contributed by atoms with Crippen LogP contribution < -0.4 is 19.6 Å². The van der Waals surface area contributed by atoms with Gasteiger partial charge in [0.2, 0.25) is 12.2 Å². The molecule has 0 saturated heterocycles. The van der Waals surface area contributed by atoms with Gasteiger partial charge in [0.15, 0.2) is 0 Å². The van der Waals surface area contributed by atoms with Crippen LogP contribution >= 0.6 is 32.1 Å². The molecule has 1 saturated carbocycles. The first-order valence-corrected chi connectivity index (χ1v) is 10.1. The van der Waals surface area contributed by atoms with Crippen LogP contribution in [0, 0.1) is 0 Å². The lowest BCUT2D eigenvalue weighted by molar-refractivity contribution is -0.325. The minimum absolute atomic E-state index is 3.68. The van der Waals surface area contributed by atoms with Crippen LogP contribution in [-0.2, 0) is 18.3 Å². The van der Waals surface area contributed by atoms with Crippen LogP contribution in [0.1, 0.15) is 0 Å². The van der Waals surface area contributed by atoms with Gasteiger partial charge in [-0.1, -0.05) is 18.3 Å². The molecule has 14 nitrogen and oxygen atoms in total. The third-order valence-electron chi connectivity index (χ3n) is 3.71. The molecule has 18 heteroatoms. The van der Waals surface area contributed by atoms with E-state index in [1.165, 1.54) is 0 Å². The summed E-state index contributed by atoms with van der Waals surface area (Å²) in [6.45, 7) is 0. The molecule has 0 radical (unpaired) electrons. The Balaban J connectivity index is 4.09. The minimum atomic E-state index is -4.90. The fourth-order valence-corrected chi connectivity index (χ4v) is 6.79. The second kappa shape index (κ2) is 6.31. The number of aliphatic hydroxyl groups is 6. The van der Waals surface area contributed by atoms with Crippen LogP contribution in [0.15, 0.2) is 0 Å². The number of rotatable bonds is 4. The van der Waals surface area contributed by atoms with Crippen LogP contribution in [0.2, 0.25) is 0 Å². The van der Waals surface area contributed by atoms with Gasteiger partial charge < -0.3 is 50.2 Å². The standard InChI is InChI=1S/C6H8O14P4/c7-1-3(9,21(13)14)2(8)5(11,23(17)18)6(12,24(19)20)4(1,10)22(15)16/h1-2,7-12H/t1-,2+,3?,4+,5-,6?. The molecule has 0 aromatic heterocycles. The Bertz CT molecular complexity index is 601. The molecule has 24 heavy (non-hydrogen) atoms. The Hall–Kier alpha value is -0.0000000000000000971. The zero-order chi connectivity index (χ0) is 19.5. The van der Waals surface area contributed by atoms with Crippen molar-refractivity contribution >= 4 is 32.1 Å². The third-order valence-corrected chi connectivity index (χ3v) is 8.59. The maximum atomic E-state index is 11.3. The molecule has 10 atom stereocenters. The normalized spacial score (nSPS) is 48.6. The van der Waals surface area contributed by atoms with Gasteiger partial charge in [-0.15, -0.1) is 0 Å². The van der Waals surface area contributed by atoms with Gasteiger partial charge in [-0.2, -0.15) is 0 Å². The van der Waals surface area contributed by atoms with E-state index in [-0.39, 0.29) is 0 Å². The summed E-state index contributed by atoms with van der Waals surface area (Å²) < 4.78 is 44.9. The van der Waals surface area contributed by atoms with E-state index in [0.717, 1.165) is 0 Å². The first kappa shape index (κ1) is 22.0. The second-order valence-electron chi connectivity index (χ2n) is 4.74. The van der Waals surface area contributed by atoms with E-state index >= 15 is 0 Å². The highest BCUT2D eigenvalue weighted by atomic mass is 31.1. The van der Waals surface area contributed by atoms with E-state index < -0.39 is 65.7 Å². The van der Waals surface area contributed by atoms with Crippen molar-refractivity contribution in [2.75, 3.05) is 0 Å². The van der Waals surface area contributed by atoms with Crippen LogP contribution in [0.5, 0.6) is 0 Å². The summed E-state index contributed by atoms with van der Waals surface area (Å²) in [4.78, 5) is 44.9. The van der Waals surface area contributed by atoms with E-state index in [2.05, 4.69) is 0 Å². The van der Waals surface area contributed by atoms with Gasteiger partial charge in [-0.05, 0) is 0 Å². The molecule has 1 aliphatic carbocycles. The molecule has 6 N–H and O–H groups in total. The summed E-state index contributed by atoms with van der Waals surface area (Å²) in [5.41, 5.74) is 0. The molecule has 1 fully saturated rings. The first-order valence-electron chi connectivity index (χ1n) is 5.42. The Morgan fingerprint density at radius 2 is 0.917 bits per heavy atom. The van der Waals surface area contributed by atoms with Crippen molar-refractivity contribution in [3.05, 3.63) is 0 Å². The SMILES string of the molecule is O=[P+]([O-])C1(O)[C@@H](O)[C@](O)([P+](=O)[O-])C(O)([P+](=O)[O-])[C@](O)([P+](=O)[O-])[C@H]1O. The predicted octanol–water partition coefficient (Wildman–Crippen LogP) is -6.11. The molecule has 1 rings (SSSR count). The summed E-state index contributed by atoms with van der Waals surface area (Å²) in [6.07, 6.45) is -7.37. The summed E-state index contributed by atoms with van der Waals surface area (Å²) in [5.74, 6) is 0. The quantitative estimate of drug-likeness (QED) is 0.227. The largest absolute Gasteiger partial charge is 0.593 e. The van der Waals surface area contributed by atoms with Crippen molar-refractivity contribution in [1.29, 1.82) is 0 Å². The number of hydrogen-bond acceptors (Lipinski definition) is 14. The summed E-state index contributed by atoms with van der Waals surface area (Å²) in [7, 11) is -19.2. The van der Waals surface area contributed by atoms with E-state index in [1.807, 2.05) is 0 Å². The van der Waals surface area contributed by atoms with Gasteiger partial charge >= 0.3 is 53.5 Å². The van der Waals surface area contributed by atoms with Crippen molar-refractivity contribution in [2.24, 2.45) is 0 Å². The molecular weight excluding hydrogens is 420 g/mol. The maximum absolute atomic E-state index is 11.3. The molecule has 0 heterocycles. The molecular formula is C6H8O14P4. The Kier molecular flexibility index (Phi) is 5.80. The van der Waals surface area contributed by atoms with Gasteiger partial charge in [-0.25, -0.2) is 0 Å². The Morgan fingerprint density at radius 3 is 1.08 bits per heavy atom. The zero-order valence-corrected chi connectivity index (χ0v) is 14.5. The van der Waals surface area contributed by atoms with E-state index in [4.69, 9.17) is 0 Å². The first-order chi connectivity index (χ1) is 10.6. The highest BCUT2D eigenvalue weighted by Gasteiger charge is 2.98. The van der Waals surface area contributed by atoms with Gasteiger partial charge in [-0.3, -0.25) is 0 Å². The van der Waals surface area contributed by atoms with Crippen LogP contribution in [0.3, 0.4) is 0 Å². The second-order valence-corrected chi connectivity index (χ2v) is 9.53. The summed E-state index contributed by atoms with van der Waals surface area (Å²) in [6, 6.07) is 0. The van der Waals surface area contributed by atoms with Crippen molar-refractivity contribution < 1.29 is 68.5 Å². The predicted molar refractivity (Wildman–Crippen MR) is 62.2 cm³/mol. The maximum Gasteiger partial charge on any atom is 0.415 e. The summed E-state index contributed by atoms with van der Waals surface area (Å²) in [5, 5.41) is 40.8. The van der Waals surface area contributed by atoms with E-state index in [9.17, 15) is 68.5 Å². The smallest absolute Gasteiger partial charge is 0.415 e. The lowest BCUT2D eigenvalue weighted by Crippen LogP contribution is -2.84. The van der Waals surface area contributed by atoms with Gasteiger partial charge in [0, 0.05) is 0 Å². The molecule has 0 aromatic rings. The van der Waals surface area contributed by atoms with Crippen LogP contribution in [-0.4, -0.2) is 64.2 Å². The third kappa shape index (κ3) is 2.23. The fourth-order valence-electron chi connectivity index (χ4n) is 2.32. The molecule has 0 amide bonds. The van der Waals surface area contributed by atoms with Crippen LogP contribution in [0.4, 0.5) is 0 Å². The van der Waals surface area contributed by atoms with Gasteiger partial charge in [0.1, 0.15) is 0 Å². The van der Waals surface area contributed by atoms with E-state index in [0.29, 0.717) is 0 Å². The van der Waals surface area contributed by atoms with Crippen molar-refractivity contribution in [3.8, 4) is 0 Å². The Labute approximate surface area is 135 Å². The van der Waals surface area contributed by atoms with Gasteiger partial charge in [0.25, 0.3) is 0 Å². The highest BCUT2D eigenvalue weighted by molar-refractivity contribution is 7.47. The Morgan fingerprint density at radius 1 is 0.625 bits per heavy atom. The van der Waals surface area contributed by atoms with Crippen molar-refractivity contribution in [1.82, 2.24) is 0 Å².